The first kappa shape index (κ1) is 17.5. The van der Waals surface area contributed by atoms with Gasteiger partial charge in [-0.1, -0.05) is 30.3 Å². The number of aromatic nitrogens is 1. The second kappa shape index (κ2) is 6.66. The molecule has 0 atom stereocenters. The highest BCUT2D eigenvalue weighted by atomic mass is 16.4. The molecule has 4 rings (SSSR count). The minimum Gasteiger partial charge on any atom is -0.506 e. The zero-order chi connectivity index (χ0) is 19.8. The molecule has 2 aromatic carbocycles. The molecule has 6 nitrogen and oxygen atoms in total. The maximum atomic E-state index is 12.5. The lowest BCUT2D eigenvalue weighted by atomic mass is 10.1. The highest BCUT2D eigenvalue weighted by Gasteiger charge is 2.14. The Hall–Kier alpha value is -3.93. The van der Waals surface area contributed by atoms with Gasteiger partial charge in [-0.3, -0.25) is 9.59 Å². The van der Waals surface area contributed by atoms with Crippen molar-refractivity contribution in [2.45, 2.75) is 6.92 Å². The summed E-state index contributed by atoms with van der Waals surface area (Å²) >= 11 is 0. The maximum absolute atomic E-state index is 12.5. The lowest BCUT2D eigenvalue weighted by Gasteiger charge is -2.06. The molecule has 2 aromatic heterocycles. The standard InChI is InChI=1S/C22H15NO5/c1-12-5-4-7-14-19(12)23-21(26)15(20(14)25)9-10-17(24)16-11-13-6-2-3-8-18(13)28-22(16)27/h2-11H,1H3,(H2,23,25,26). The summed E-state index contributed by atoms with van der Waals surface area (Å²) < 4.78 is 5.16. The van der Waals surface area contributed by atoms with Gasteiger partial charge in [0.1, 0.15) is 16.9 Å². The SMILES string of the molecule is Cc1cccc2c(O)c(C=CC(=O)c3cc4ccccc4oc3=O)c(=O)[nH]c12. The summed E-state index contributed by atoms with van der Waals surface area (Å²) in [4.78, 5) is 39.6. The number of benzene rings is 2. The van der Waals surface area contributed by atoms with Crippen LogP contribution in [0.5, 0.6) is 5.75 Å². The van der Waals surface area contributed by atoms with Gasteiger partial charge in [0.2, 0.25) is 0 Å². The predicted molar refractivity (Wildman–Crippen MR) is 107 cm³/mol. The van der Waals surface area contributed by atoms with E-state index in [9.17, 15) is 19.5 Å². The molecule has 0 aliphatic heterocycles. The van der Waals surface area contributed by atoms with Gasteiger partial charge in [-0.05, 0) is 42.8 Å². The minimum atomic E-state index is -0.763. The third-order valence-corrected chi connectivity index (χ3v) is 4.57. The monoisotopic (exact) mass is 373 g/mol. The van der Waals surface area contributed by atoms with E-state index in [4.69, 9.17) is 4.42 Å². The van der Waals surface area contributed by atoms with Crippen molar-refractivity contribution in [1.29, 1.82) is 0 Å². The molecule has 0 amide bonds. The summed E-state index contributed by atoms with van der Waals surface area (Å²) in [6.45, 7) is 1.82. The number of H-pyrrole nitrogens is 1. The fraction of sp³-hybridized carbons (Fsp3) is 0.0455. The van der Waals surface area contributed by atoms with Crippen molar-refractivity contribution in [3.05, 3.63) is 92.1 Å². The number of hydrogen-bond acceptors (Lipinski definition) is 5. The van der Waals surface area contributed by atoms with Crippen molar-refractivity contribution in [3.63, 3.8) is 0 Å². The van der Waals surface area contributed by atoms with Gasteiger partial charge in [-0.15, -0.1) is 0 Å². The van der Waals surface area contributed by atoms with Crippen LogP contribution in [-0.2, 0) is 0 Å². The molecule has 0 unspecified atom stereocenters. The number of pyridine rings is 1. The summed E-state index contributed by atoms with van der Waals surface area (Å²) in [5.41, 5.74) is 0.217. The van der Waals surface area contributed by atoms with Gasteiger partial charge in [-0.2, -0.15) is 0 Å². The Balaban J connectivity index is 1.78. The van der Waals surface area contributed by atoms with Crippen molar-refractivity contribution in [3.8, 4) is 5.75 Å². The molecule has 2 heterocycles. The molecule has 6 heteroatoms. The topological polar surface area (TPSA) is 100 Å². The first-order chi connectivity index (χ1) is 13.5. The molecule has 2 N–H and O–H groups in total. The van der Waals surface area contributed by atoms with E-state index in [2.05, 4.69) is 4.98 Å². The van der Waals surface area contributed by atoms with Crippen LogP contribution in [-0.4, -0.2) is 15.9 Å². The highest BCUT2D eigenvalue weighted by Crippen LogP contribution is 2.27. The second-order valence-electron chi connectivity index (χ2n) is 6.40. The third-order valence-electron chi connectivity index (χ3n) is 4.57. The van der Waals surface area contributed by atoms with E-state index in [0.29, 0.717) is 21.9 Å². The molecule has 0 fully saturated rings. The number of nitrogens with one attached hydrogen (secondary N) is 1. The highest BCUT2D eigenvalue weighted by molar-refractivity contribution is 6.08. The molecule has 0 radical (unpaired) electrons. The second-order valence-corrected chi connectivity index (χ2v) is 6.40. The van der Waals surface area contributed by atoms with Crippen LogP contribution in [0.4, 0.5) is 0 Å². The number of carbonyl (C=O) groups is 1. The van der Waals surface area contributed by atoms with Crippen LogP contribution in [0.25, 0.3) is 27.9 Å². The normalized spacial score (nSPS) is 11.5. The number of ketones is 1. The zero-order valence-electron chi connectivity index (χ0n) is 14.9. The van der Waals surface area contributed by atoms with Crippen LogP contribution >= 0.6 is 0 Å². The number of rotatable bonds is 3. The molecule has 0 saturated carbocycles. The van der Waals surface area contributed by atoms with Crippen LogP contribution in [0, 0.1) is 6.92 Å². The minimum absolute atomic E-state index is 0.0587. The fourth-order valence-corrected chi connectivity index (χ4v) is 3.10. The average Bonchev–Trinajstić information content (AvgIpc) is 2.68. The van der Waals surface area contributed by atoms with Crippen LogP contribution in [0.1, 0.15) is 21.5 Å². The summed E-state index contributed by atoms with van der Waals surface area (Å²) in [6.07, 6.45) is 2.28. The molecule has 0 aliphatic carbocycles. The summed E-state index contributed by atoms with van der Waals surface area (Å²) in [7, 11) is 0. The van der Waals surface area contributed by atoms with E-state index < -0.39 is 17.0 Å². The lowest BCUT2D eigenvalue weighted by molar-refractivity contribution is 0.104. The molecule has 138 valence electrons. The number of allylic oxidation sites excluding steroid dienone is 1. The number of hydrogen-bond donors (Lipinski definition) is 2. The Morgan fingerprint density at radius 2 is 1.89 bits per heavy atom. The maximum Gasteiger partial charge on any atom is 0.347 e. The van der Waals surface area contributed by atoms with Crippen molar-refractivity contribution in [1.82, 2.24) is 4.98 Å². The Morgan fingerprint density at radius 3 is 2.71 bits per heavy atom. The molecule has 4 aromatic rings. The van der Waals surface area contributed by atoms with Gasteiger partial charge in [0.25, 0.3) is 5.56 Å². The number of aromatic hydroxyl groups is 1. The first-order valence-corrected chi connectivity index (χ1v) is 8.55. The van der Waals surface area contributed by atoms with Crippen LogP contribution in [0.15, 0.2) is 68.6 Å². The van der Waals surface area contributed by atoms with Gasteiger partial charge in [-0.25, -0.2) is 4.79 Å². The van der Waals surface area contributed by atoms with E-state index in [-0.39, 0.29) is 16.9 Å². The Kier molecular flexibility index (Phi) is 4.16. The molecule has 0 bridgehead atoms. The number of para-hydroxylation sites is 2. The first-order valence-electron chi connectivity index (χ1n) is 8.55. The molecule has 0 saturated heterocycles. The Bertz CT molecular complexity index is 1390. The number of carbonyl (C=O) groups excluding carboxylic acids is 1. The lowest BCUT2D eigenvalue weighted by Crippen LogP contribution is -2.13. The van der Waals surface area contributed by atoms with E-state index >= 15 is 0 Å². The van der Waals surface area contributed by atoms with Crippen molar-refractivity contribution in [2.75, 3.05) is 0 Å². The smallest absolute Gasteiger partial charge is 0.347 e. The molecular weight excluding hydrogens is 358 g/mol. The van der Waals surface area contributed by atoms with Gasteiger partial charge >= 0.3 is 5.63 Å². The third kappa shape index (κ3) is 2.91. The van der Waals surface area contributed by atoms with Gasteiger partial charge in [0.15, 0.2) is 5.78 Å². The van der Waals surface area contributed by atoms with Crippen LogP contribution in [0.3, 0.4) is 0 Å². The van der Waals surface area contributed by atoms with E-state index in [1.807, 2.05) is 13.0 Å². The van der Waals surface area contributed by atoms with Crippen molar-refractivity contribution >= 4 is 33.7 Å². The van der Waals surface area contributed by atoms with Gasteiger partial charge in [0, 0.05) is 10.8 Å². The van der Waals surface area contributed by atoms with Crippen LogP contribution in [0.2, 0.25) is 0 Å². The largest absolute Gasteiger partial charge is 0.506 e. The summed E-state index contributed by atoms with van der Waals surface area (Å²) in [6, 6.07) is 13.5. The van der Waals surface area contributed by atoms with E-state index in [0.717, 1.165) is 11.6 Å². The van der Waals surface area contributed by atoms with Crippen molar-refractivity contribution < 1.29 is 14.3 Å². The number of aromatic amines is 1. The quantitative estimate of drug-likeness (QED) is 0.325. The summed E-state index contributed by atoms with van der Waals surface area (Å²) in [5, 5.41) is 11.6. The Morgan fingerprint density at radius 1 is 1.11 bits per heavy atom. The van der Waals surface area contributed by atoms with Crippen LogP contribution < -0.4 is 11.2 Å². The van der Waals surface area contributed by atoms with E-state index in [1.165, 1.54) is 12.1 Å². The average molecular weight is 373 g/mol. The fourth-order valence-electron chi connectivity index (χ4n) is 3.10. The molecular formula is C22H15NO5. The van der Waals surface area contributed by atoms with Gasteiger partial charge in [0.05, 0.1) is 11.1 Å². The van der Waals surface area contributed by atoms with Gasteiger partial charge < -0.3 is 14.5 Å². The predicted octanol–water partition coefficient (Wildman–Crippen LogP) is 3.54. The molecule has 0 spiro atoms. The molecule has 0 aliphatic rings. The van der Waals surface area contributed by atoms with Crippen molar-refractivity contribution in [2.24, 2.45) is 0 Å². The Labute approximate surface area is 158 Å². The zero-order valence-corrected chi connectivity index (χ0v) is 14.9. The number of fused-ring (bicyclic) bond motifs is 2. The van der Waals surface area contributed by atoms with E-state index in [1.54, 1.807) is 36.4 Å². The number of aryl methyl sites for hydroxylation is 1. The molecule has 28 heavy (non-hydrogen) atoms. The summed E-state index contributed by atoms with van der Waals surface area (Å²) in [5.74, 6) is -0.848.